The maximum atomic E-state index is 12.2. The Kier molecular flexibility index (Phi) is 4.37. The SMILES string of the molecule is Cn1cnc2cc(N3CCN(Cc4cn5c(n4)COCC5)CC3)ccc2c1=O. The second-order valence-electron chi connectivity index (χ2n) is 7.52. The second kappa shape index (κ2) is 7.03. The molecule has 28 heavy (non-hydrogen) atoms. The molecule has 2 aromatic heterocycles. The predicted molar refractivity (Wildman–Crippen MR) is 106 cm³/mol. The van der Waals surface area contributed by atoms with Gasteiger partial charge in [-0.15, -0.1) is 0 Å². The van der Waals surface area contributed by atoms with Crippen LogP contribution in [0, 0.1) is 0 Å². The van der Waals surface area contributed by atoms with Crippen LogP contribution in [0.25, 0.3) is 10.9 Å². The zero-order chi connectivity index (χ0) is 19.1. The molecule has 0 bridgehead atoms. The topological polar surface area (TPSA) is 68.4 Å². The van der Waals surface area contributed by atoms with Gasteiger partial charge in [-0.25, -0.2) is 9.97 Å². The van der Waals surface area contributed by atoms with Gasteiger partial charge in [-0.05, 0) is 18.2 Å². The molecular formula is C20H24N6O2. The largest absolute Gasteiger partial charge is 0.372 e. The minimum atomic E-state index is -0.00506. The van der Waals surface area contributed by atoms with Crippen molar-refractivity contribution in [2.24, 2.45) is 7.05 Å². The summed E-state index contributed by atoms with van der Waals surface area (Å²) in [6.07, 6.45) is 3.75. The van der Waals surface area contributed by atoms with E-state index in [1.807, 2.05) is 18.2 Å². The van der Waals surface area contributed by atoms with Crippen molar-refractivity contribution in [2.45, 2.75) is 19.7 Å². The maximum absolute atomic E-state index is 12.2. The summed E-state index contributed by atoms with van der Waals surface area (Å²) in [5, 5.41) is 0.667. The van der Waals surface area contributed by atoms with E-state index < -0.39 is 0 Å². The van der Waals surface area contributed by atoms with E-state index in [0.717, 1.165) is 68.6 Å². The van der Waals surface area contributed by atoms with Crippen LogP contribution in [0.1, 0.15) is 11.5 Å². The van der Waals surface area contributed by atoms with E-state index in [-0.39, 0.29) is 5.56 Å². The Bertz CT molecular complexity index is 1040. The standard InChI is InChI=1S/C20H24N6O2/c1-23-14-21-18-10-16(2-3-17(18)20(23)27)25-6-4-24(5-7-25)11-15-12-26-8-9-28-13-19(26)22-15/h2-3,10,12,14H,4-9,11,13H2,1H3. The minimum absolute atomic E-state index is 0.00506. The fourth-order valence-corrected chi connectivity index (χ4v) is 4.01. The third kappa shape index (κ3) is 3.18. The number of ether oxygens (including phenoxy) is 1. The zero-order valence-electron chi connectivity index (χ0n) is 16.0. The Balaban J connectivity index is 1.25. The number of piperazine rings is 1. The van der Waals surface area contributed by atoms with Crippen LogP contribution >= 0.6 is 0 Å². The van der Waals surface area contributed by atoms with Gasteiger partial charge in [0, 0.05) is 58.2 Å². The van der Waals surface area contributed by atoms with Crippen LogP contribution < -0.4 is 10.5 Å². The molecular weight excluding hydrogens is 356 g/mol. The molecule has 1 fully saturated rings. The average Bonchev–Trinajstić information content (AvgIpc) is 3.13. The molecule has 4 heterocycles. The molecule has 0 atom stereocenters. The molecule has 8 nitrogen and oxygen atoms in total. The minimum Gasteiger partial charge on any atom is -0.372 e. The van der Waals surface area contributed by atoms with Gasteiger partial charge in [0.25, 0.3) is 5.56 Å². The third-order valence-electron chi connectivity index (χ3n) is 5.64. The lowest BCUT2D eigenvalue weighted by Gasteiger charge is -2.35. The number of anilines is 1. The third-order valence-corrected chi connectivity index (χ3v) is 5.64. The zero-order valence-corrected chi connectivity index (χ0v) is 16.0. The van der Waals surface area contributed by atoms with Gasteiger partial charge in [-0.3, -0.25) is 9.69 Å². The summed E-state index contributed by atoms with van der Waals surface area (Å²) in [5.74, 6) is 1.04. The van der Waals surface area contributed by atoms with Gasteiger partial charge in [0.1, 0.15) is 12.4 Å². The number of nitrogens with zero attached hydrogens (tertiary/aromatic N) is 6. The summed E-state index contributed by atoms with van der Waals surface area (Å²) < 4.78 is 9.20. The quantitative estimate of drug-likeness (QED) is 0.675. The van der Waals surface area contributed by atoms with Crippen molar-refractivity contribution < 1.29 is 4.74 Å². The van der Waals surface area contributed by atoms with Gasteiger partial charge in [0.05, 0.1) is 29.5 Å². The number of hydrogen-bond donors (Lipinski definition) is 0. The number of aryl methyl sites for hydroxylation is 1. The Morgan fingerprint density at radius 3 is 2.82 bits per heavy atom. The number of aromatic nitrogens is 4. The average molecular weight is 380 g/mol. The van der Waals surface area contributed by atoms with E-state index in [1.165, 1.54) is 4.57 Å². The first-order valence-corrected chi connectivity index (χ1v) is 9.73. The van der Waals surface area contributed by atoms with E-state index in [2.05, 4.69) is 25.5 Å². The Hall–Kier alpha value is -2.71. The first-order valence-electron chi connectivity index (χ1n) is 9.73. The van der Waals surface area contributed by atoms with Gasteiger partial charge in [0.15, 0.2) is 0 Å². The highest BCUT2D eigenvalue weighted by Crippen LogP contribution is 2.21. The van der Waals surface area contributed by atoms with Crippen LogP contribution in [0.15, 0.2) is 35.5 Å². The summed E-state index contributed by atoms with van der Waals surface area (Å²) in [6.45, 7) is 7.04. The molecule has 0 N–H and O–H groups in total. The molecule has 0 unspecified atom stereocenters. The number of rotatable bonds is 3. The fourth-order valence-electron chi connectivity index (χ4n) is 4.01. The number of imidazole rings is 1. The molecule has 2 aliphatic rings. The van der Waals surface area contributed by atoms with Crippen LogP contribution in [0.4, 0.5) is 5.69 Å². The first kappa shape index (κ1) is 17.4. The van der Waals surface area contributed by atoms with Crippen LogP contribution in [-0.2, 0) is 31.5 Å². The molecule has 8 heteroatoms. The van der Waals surface area contributed by atoms with Crippen LogP contribution in [0.5, 0.6) is 0 Å². The molecule has 0 saturated carbocycles. The Morgan fingerprint density at radius 2 is 2.00 bits per heavy atom. The smallest absolute Gasteiger partial charge is 0.260 e. The van der Waals surface area contributed by atoms with Crippen molar-refractivity contribution in [2.75, 3.05) is 37.7 Å². The van der Waals surface area contributed by atoms with Crippen molar-refractivity contribution in [1.82, 2.24) is 24.0 Å². The van der Waals surface area contributed by atoms with Gasteiger partial charge < -0.3 is 18.8 Å². The van der Waals surface area contributed by atoms with Gasteiger partial charge in [0.2, 0.25) is 0 Å². The van der Waals surface area contributed by atoms with Crippen LogP contribution in [0.2, 0.25) is 0 Å². The lowest BCUT2D eigenvalue weighted by Crippen LogP contribution is -2.46. The highest BCUT2D eigenvalue weighted by molar-refractivity contribution is 5.81. The van der Waals surface area contributed by atoms with Gasteiger partial charge in [-0.2, -0.15) is 0 Å². The maximum Gasteiger partial charge on any atom is 0.260 e. The highest BCUT2D eigenvalue weighted by atomic mass is 16.5. The number of benzene rings is 1. The highest BCUT2D eigenvalue weighted by Gasteiger charge is 2.20. The van der Waals surface area contributed by atoms with E-state index >= 15 is 0 Å². The molecule has 0 radical (unpaired) electrons. The molecule has 0 spiro atoms. The monoisotopic (exact) mass is 380 g/mol. The lowest BCUT2D eigenvalue weighted by atomic mass is 10.2. The van der Waals surface area contributed by atoms with Crippen LogP contribution in [0.3, 0.4) is 0 Å². The van der Waals surface area contributed by atoms with Gasteiger partial charge >= 0.3 is 0 Å². The predicted octanol–water partition coefficient (Wildman–Crippen LogP) is 0.982. The van der Waals surface area contributed by atoms with Crippen molar-refractivity contribution in [3.05, 3.63) is 52.6 Å². The molecule has 0 amide bonds. The Labute approximate surface area is 163 Å². The van der Waals surface area contributed by atoms with E-state index in [9.17, 15) is 4.79 Å². The summed E-state index contributed by atoms with van der Waals surface area (Å²) in [7, 11) is 1.73. The molecule has 1 saturated heterocycles. The molecule has 2 aliphatic heterocycles. The van der Waals surface area contributed by atoms with Crippen LogP contribution in [-0.4, -0.2) is 56.8 Å². The van der Waals surface area contributed by atoms with Crippen molar-refractivity contribution >= 4 is 16.6 Å². The van der Waals surface area contributed by atoms with Crippen molar-refractivity contribution in [3.8, 4) is 0 Å². The van der Waals surface area contributed by atoms with E-state index in [0.29, 0.717) is 12.0 Å². The normalized spacial score (nSPS) is 17.8. The summed E-state index contributed by atoms with van der Waals surface area (Å²) in [6, 6.07) is 5.95. The van der Waals surface area contributed by atoms with Crippen molar-refractivity contribution in [1.29, 1.82) is 0 Å². The second-order valence-corrected chi connectivity index (χ2v) is 7.52. The Morgan fingerprint density at radius 1 is 1.14 bits per heavy atom. The van der Waals surface area contributed by atoms with Gasteiger partial charge in [-0.1, -0.05) is 0 Å². The van der Waals surface area contributed by atoms with E-state index in [4.69, 9.17) is 9.72 Å². The molecule has 1 aromatic carbocycles. The number of fused-ring (bicyclic) bond motifs is 2. The first-order chi connectivity index (χ1) is 13.7. The fraction of sp³-hybridized carbons (Fsp3) is 0.450. The van der Waals surface area contributed by atoms with Crippen molar-refractivity contribution in [3.63, 3.8) is 0 Å². The van der Waals surface area contributed by atoms with E-state index in [1.54, 1.807) is 13.4 Å². The summed E-state index contributed by atoms with van der Waals surface area (Å²) >= 11 is 0. The molecule has 146 valence electrons. The molecule has 3 aromatic rings. The lowest BCUT2D eigenvalue weighted by molar-refractivity contribution is 0.0816. The molecule has 0 aliphatic carbocycles. The summed E-state index contributed by atoms with van der Waals surface area (Å²) in [4.78, 5) is 26.1. The summed E-state index contributed by atoms with van der Waals surface area (Å²) in [5.41, 5.74) is 3.01. The number of hydrogen-bond acceptors (Lipinski definition) is 6. The molecule has 5 rings (SSSR count).